The molecule has 3 aromatic rings. The molecule has 3 nitrogen and oxygen atoms in total. The van der Waals surface area contributed by atoms with Crippen LogP contribution >= 0.6 is 23.6 Å². The summed E-state index contributed by atoms with van der Waals surface area (Å²) in [7, 11) is 0. The van der Waals surface area contributed by atoms with E-state index in [0.717, 1.165) is 10.6 Å². The fraction of sp³-hybridized carbons (Fsp3) is 0. The molecule has 19 heavy (non-hydrogen) atoms. The van der Waals surface area contributed by atoms with Gasteiger partial charge in [0.1, 0.15) is 4.70 Å². The van der Waals surface area contributed by atoms with Gasteiger partial charge >= 0.3 is 0 Å². The molecule has 2 aromatic heterocycles. The van der Waals surface area contributed by atoms with E-state index in [9.17, 15) is 13.6 Å². The maximum atomic E-state index is 13.8. The van der Waals surface area contributed by atoms with Crippen molar-refractivity contribution in [3.8, 4) is 5.69 Å². The van der Waals surface area contributed by atoms with Gasteiger partial charge in [-0.25, -0.2) is 13.3 Å². The van der Waals surface area contributed by atoms with Crippen LogP contribution in [0.25, 0.3) is 15.9 Å². The van der Waals surface area contributed by atoms with Crippen LogP contribution < -0.4 is 5.56 Å². The summed E-state index contributed by atoms with van der Waals surface area (Å²) < 4.78 is 28.4. The first-order valence-electron chi connectivity index (χ1n) is 5.26. The van der Waals surface area contributed by atoms with Crippen molar-refractivity contribution in [3.63, 3.8) is 0 Å². The highest BCUT2D eigenvalue weighted by Crippen LogP contribution is 2.18. The third-order valence-electron chi connectivity index (χ3n) is 2.68. The molecule has 2 heterocycles. The van der Waals surface area contributed by atoms with Crippen LogP contribution in [-0.2, 0) is 0 Å². The number of rotatable bonds is 1. The van der Waals surface area contributed by atoms with E-state index in [4.69, 9.17) is 12.2 Å². The predicted molar refractivity (Wildman–Crippen MR) is 72.5 cm³/mol. The Morgan fingerprint density at radius 1 is 1.26 bits per heavy atom. The van der Waals surface area contributed by atoms with Gasteiger partial charge in [-0.2, -0.15) is 0 Å². The van der Waals surface area contributed by atoms with Crippen LogP contribution in [0.1, 0.15) is 0 Å². The van der Waals surface area contributed by atoms with Crippen LogP contribution in [0.5, 0.6) is 0 Å². The van der Waals surface area contributed by atoms with Crippen molar-refractivity contribution < 1.29 is 8.78 Å². The molecule has 0 spiro atoms. The molecule has 0 radical (unpaired) electrons. The lowest BCUT2D eigenvalue weighted by atomic mass is 10.3. The van der Waals surface area contributed by atoms with E-state index in [1.54, 1.807) is 11.4 Å². The zero-order chi connectivity index (χ0) is 13.6. The fourth-order valence-corrected chi connectivity index (χ4v) is 2.89. The molecular formula is C12H6F2N2OS2. The van der Waals surface area contributed by atoms with Gasteiger partial charge in [0.25, 0.3) is 5.56 Å². The van der Waals surface area contributed by atoms with Crippen molar-refractivity contribution in [2.45, 2.75) is 0 Å². The van der Waals surface area contributed by atoms with Crippen LogP contribution in [0.15, 0.2) is 34.4 Å². The largest absolute Gasteiger partial charge is 0.331 e. The van der Waals surface area contributed by atoms with Gasteiger partial charge in [0.15, 0.2) is 16.4 Å². The van der Waals surface area contributed by atoms with E-state index < -0.39 is 17.2 Å². The fourth-order valence-electron chi connectivity index (χ4n) is 1.82. The minimum Gasteiger partial charge on any atom is -0.331 e. The molecule has 0 unspecified atom stereocenters. The molecule has 0 saturated carbocycles. The summed E-state index contributed by atoms with van der Waals surface area (Å²) in [6, 6.07) is 5.33. The number of fused-ring (bicyclic) bond motifs is 1. The minimum absolute atomic E-state index is 0.0281. The highest BCUT2D eigenvalue weighted by molar-refractivity contribution is 7.71. The summed E-state index contributed by atoms with van der Waals surface area (Å²) in [5.74, 6) is -2.12. The molecule has 0 aliphatic carbocycles. The third-order valence-corrected chi connectivity index (χ3v) is 3.87. The monoisotopic (exact) mass is 296 g/mol. The van der Waals surface area contributed by atoms with Gasteiger partial charge in [0, 0.05) is 0 Å². The van der Waals surface area contributed by atoms with E-state index in [2.05, 4.69) is 4.98 Å². The van der Waals surface area contributed by atoms with Crippen molar-refractivity contribution in [1.82, 2.24) is 9.55 Å². The smallest absolute Gasteiger partial charge is 0.276 e. The van der Waals surface area contributed by atoms with Crippen LogP contribution in [-0.4, -0.2) is 9.55 Å². The van der Waals surface area contributed by atoms with Crippen LogP contribution in [0, 0.1) is 16.4 Å². The van der Waals surface area contributed by atoms with E-state index in [0.29, 0.717) is 10.2 Å². The standard InChI is InChI=1S/C12H6F2N2OS2/c13-6-2-1-3-8(9(6)14)16-11(17)10-7(4-5-19-10)15-12(16)18/h1-5H,(H,15,18). The number of benzene rings is 1. The quantitative estimate of drug-likeness (QED) is 0.699. The topological polar surface area (TPSA) is 37.8 Å². The van der Waals surface area contributed by atoms with Gasteiger partial charge in [0.2, 0.25) is 0 Å². The number of aromatic nitrogens is 2. The number of halogens is 2. The second-order valence-electron chi connectivity index (χ2n) is 3.81. The summed E-state index contributed by atoms with van der Waals surface area (Å²) in [4.78, 5) is 15.1. The maximum Gasteiger partial charge on any atom is 0.276 e. The minimum atomic E-state index is -1.10. The molecule has 1 N–H and O–H groups in total. The summed E-state index contributed by atoms with van der Waals surface area (Å²) in [5, 5.41) is 1.73. The van der Waals surface area contributed by atoms with Crippen LogP contribution in [0.4, 0.5) is 8.78 Å². The van der Waals surface area contributed by atoms with Gasteiger partial charge in [-0.05, 0) is 35.8 Å². The first-order valence-corrected chi connectivity index (χ1v) is 6.55. The van der Waals surface area contributed by atoms with Gasteiger partial charge in [-0.3, -0.25) is 4.79 Å². The van der Waals surface area contributed by atoms with Gasteiger partial charge in [-0.1, -0.05) is 6.07 Å². The summed E-state index contributed by atoms with van der Waals surface area (Å²) in [6.45, 7) is 0. The van der Waals surface area contributed by atoms with Gasteiger partial charge in [0.05, 0.1) is 11.2 Å². The van der Waals surface area contributed by atoms with E-state index in [-0.39, 0.29) is 10.5 Å². The molecule has 0 saturated heterocycles. The zero-order valence-corrected chi connectivity index (χ0v) is 10.9. The van der Waals surface area contributed by atoms with E-state index in [1.165, 1.54) is 23.5 Å². The van der Waals surface area contributed by atoms with Crippen LogP contribution in [0.3, 0.4) is 0 Å². The number of thiophene rings is 1. The Hall–Kier alpha value is -1.86. The Labute approximate surface area is 114 Å². The number of nitrogens with one attached hydrogen (secondary N) is 1. The molecule has 0 amide bonds. The lowest BCUT2D eigenvalue weighted by Crippen LogP contribution is -2.20. The Morgan fingerprint density at radius 3 is 2.84 bits per heavy atom. The normalized spacial score (nSPS) is 11.1. The van der Waals surface area contributed by atoms with Gasteiger partial charge < -0.3 is 4.98 Å². The molecule has 1 aromatic carbocycles. The average molecular weight is 296 g/mol. The van der Waals surface area contributed by atoms with Crippen molar-refractivity contribution in [2.24, 2.45) is 0 Å². The summed E-state index contributed by atoms with van der Waals surface area (Å²) in [5.41, 5.74) is -0.0622. The molecule has 7 heteroatoms. The SMILES string of the molecule is O=c1c2sccc2[nH]c(=S)n1-c1cccc(F)c1F. The lowest BCUT2D eigenvalue weighted by molar-refractivity contribution is 0.503. The highest BCUT2D eigenvalue weighted by Gasteiger charge is 2.14. The number of hydrogen-bond acceptors (Lipinski definition) is 3. The Kier molecular flexibility index (Phi) is 2.79. The molecule has 0 aliphatic rings. The molecule has 0 fully saturated rings. The average Bonchev–Trinajstić information content (AvgIpc) is 2.82. The number of H-pyrrole nitrogens is 1. The molecule has 0 bridgehead atoms. The molecule has 0 atom stereocenters. The molecular weight excluding hydrogens is 290 g/mol. The van der Waals surface area contributed by atoms with Crippen molar-refractivity contribution in [1.29, 1.82) is 0 Å². The second kappa shape index (κ2) is 4.36. The van der Waals surface area contributed by atoms with Crippen LogP contribution in [0.2, 0.25) is 0 Å². The number of hydrogen-bond donors (Lipinski definition) is 1. The highest BCUT2D eigenvalue weighted by atomic mass is 32.1. The first-order chi connectivity index (χ1) is 9.09. The third kappa shape index (κ3) is 1.82. The van der Waals surface area contributed by atoms with Crippen molar-refractivity contribution in [2.75, 3.05) is 0 Å². The number of nitrogens with zero attached hydrogens (tertiary/aromatic N) is 1. The lowest BCUT2D eigenvalue weighted by Gasteiger charge is -2.07. The van der Waals surface area contributed by atoms with Crippen molar-refractivity contribution in [3.05, 3.63) is 56.4 Å². The van der Waals surface area contributed by atoms with Gasteiger partial charge in [-0.15, -0.1) is 11.3 Å². The Morgan fingerprint density at radius 2 is 2.05 bits per heavy atom. The Bertz CT molecular complexity index is 895. The second-order valence-corrected chi connectivity index (χ2v) is 5.11. The first kappa shape index (κ1) is 12.2. The molecule has 3 rings (SSSR count). The van der Waals surface area contributed by atoms with E-state index in [1.807, 2.05) is 0 Å². The number of aromatic amines is 1. The summed E-state index contributed by atoms with van der Waals surface area (Å²) >= 11 is 6.26. The van der Waals surface area contributed by atoms with Crippen molar-refractivity contribution >= 4 is 33.8 Å². The summed E-state index contributed by atoms with van der Waals surface area (Å²) in [6.07, 6.45) is 0. The maximum absolute atomic E-state index is 13.8. The predicted octanol–water partition coefficient (Wildman–Crippen LogP) is 3.39. The van der Waals surface area contributed by atoms with E-state index >= 15 is 0 Å². The Balaban J connectivity index is 2.46. The zero-order valence-electron chi connectivity index (χ0n) is 9.31. The molecule has 96 valence electrons. The molecule has 0 aliphatic heterocycles.